The number of rotatable bonds is 4. The second-order valence-electron chi connectivity index (χ2n) is 32.1. The summed E-state index contributed by atoms with van der Waals surface area (Å²) in [4.78, 5) is 0. The molecule has 436 valence electrons. The maximum atomic E-state index is 7.74. The van der Waals surface area contributed by atoms with E-state index in [-0.39, 0.29) is 36.4 Å². The molecule has 0 unspecified atom stereocenters. The Morgan fingerprint density at radius 1 is 0.404 bits per heavy atom. The van der Waals surface area contributed by atoms with E-state index in [2.05, 4.69) is 125 Å². The van der Waals surface area contributed by atoms with Gasteiger partial charge >= 0.3 is 0 Å². The van der Waals surface area contributed by atoms with E-state index in [9.17, 15) is 0 Å². The number of thiophene rings is 2. The molecule has 6 aliphatic heterocycles. The third-order valence-corrected chi connectivity index (χ3v) is 30.4. The largest absolute Gasteiger partial charge is 0.458 e. The number of benzene rings is 7. The highest BCUT2D eigenvalue weighted by atomic mass is 32.2. The molecule has 12 bridgehead atoms. The molecule has 1 N–H and O–H groups in total. The van der Waals surface area contributed by atoms with E-state index >= 15 is 0 Å². The van der Waals surface area contributed by atoms with Gasteiger partial charge in [-0.2, -0.15) is 0 Å². The Morgan fingerprint density at radius 2 is 0.831 bits per heavy atom. The van der Waals surface area contributed by atoms with E-state index in [4.69, 9.17) is 18.9 Å². The Labute approximate surface area is 533 Å². The van der Waals surface area contributed by atoms with Crippen LogP contribution in [0.15, 0.2) is 109 Å². The van der Waals surface area contributed by atoms with E-state index in [1.807, 2.05) is 34.6 Å². The first kappa shape index (κ1) is 49.5. The maximum absolute atomic E-state index is 7.74. The molecule has 2 aromatic heterocycles. The molecule has 12 aliphatic carbocycles. The van der Waals surface area contributed by atoms with Gasteiger partial charge in [0.2, 0.25) is 0 Å². The fourth-order valence-corrected chi connectivity index (χ4v) is 28.4. The van der Waals surface area contributed by atoms with Crippen molar-refractivity contribution < 1.29 is 18.9 Å². The predicted octanol–water partition coefficient (Wildman–Crippen LogP) is 14.3. The maximum Gasteiger partial charge on any atom is 0.268 e. The summed E-state index contributed by atoms with van der Waals surface area (Å²) in [6, 6.07) is 43.6. The van der Waals surface area contributed by atoms with Crippen molar-refractivity contribution in [2.45, 2.75) is 132 Å². The van der Waals surface area contributed by atoms with E-state index in [1.54, 1.807) is 0 Å². The SMILES string of the molecule is CSN1c2cc3c(cc2B2c4sc5ccccc5c4Oc4cc(C56CC7CC(CC(C7)C5)C6)cc1c42)B1c2cc4c(cc2Oc2cc(C56CC7CC(CC(C7)C5)C6)cc(c21)O3)Nc1cc(C23CC5CC(CC(C5)C2)C3)cc2c1B4c1sc3ccccc3c1O2. The Balaban J connectivity index is 0.724. The summed E-state index contributed by atoms with van der Waals surface area (Å²) in [6.07, 6.45) is 26.9. The average molecular weight is 1210 g/mol. The van der Waals surface area contributed by atoms with Crippen LogP contribution in [0, 0.1) is 53.3 Å². The lowest BCUT2D eigenvalue weighted by Gasteiger charge is -2.57. The van der Waals surface area contributed by atoms with Crippen LogP contribution in [-0.2, 0) is 16.2 Å². The summed E-state index contributed by atoms with van der Waals surface area (Å²) < 4.78 is 38.1. The van der Waals surface area contributed by atoms with Crippen molar-refractivity contribution in [3.8, 4) is 46.0 Å². The lowest BCUT2D eigenvalue weighted by Crippen LogP contribution is -2.63. The molecule has 12 heteroatoms. The van der Waals surface area contributed by atoms with Gasteiger partial charge in [-0.25, -0.2) is 0 Å². The first-order chi connectivity index (χ1) is 43.7. The summed E-state index contributed by atoms with van der Waals surface area (Å²) in [5, 5.41) is 6.67. The van der Waals surface area contributed by atoms with Gasteiger partial charge in [-0.15, -0.1) is 22.7 Å². The normalized spacial score (nSPS) is 32.4. The number of nitrogens with one attached hydrogen (secondary N) is 1. The fraction of sp³-hybridized carbons (Fsp3) is 0.403. The van der Waals surface area contributed by atoms with Gasteiger partial charge in [-0.1, -0.05) is 36.4 Å². The van der Waals surface area contributed by atoms with Gasteiger partial charge in [0.25, 0.3) is 20.1 Å². The van der Waals surface area contributed by atoms with Crippen molar-refractivity contribution in [1.29, 1.82) is 0 Å². The highest BCUT2D eigenvalue weighted by Crippen LogP contribution is 2.65. The molecule has 8 heterocycles. The Morgan fingerprint density at radius 3 is 1.34 bits per heavy atom. The van der Waals surface area contributed by atoms with Gasteiger partial charge in [0.15, 0.2) is 0 Å². The average Bonchev–Trinajstić information content (AvgIpc) is 1.66. The number of hydrogen-bond donors (Lipinski definition) is 1. The number of fused-ring (bicyclic) bond motifs is 16. The highest BCUT2D eigenvalue weighted by Gasteiger charge is 2.58. The van der Waals surface area contributed by atoms with Crippen molar-refractivity contribution in [3.05, 3.63) is 126 Å². The molecule has 89 heavy (non-hydrogen) atoms. The Kier molecular flexibility index (Phi) is 9.29. The summed E-state index contributed by atoms with van der Waals surface area (Å²) in [5.41, 5.74) is 18.9. The van der Waals surface area contributed by atoms with Crippen molar-refractivity contribution in [2.75, 3.05) is 15.9 Å². The molecule has 7 aromatic carbocycles. The van der Waals surface area contributed by atoms with E-state index in [0.29, 0.717) is 0 Å². The van der Waals surface area contributed by atoms with Crippen molar-refractivity contribution >= 4 is 145 Å². The number of nitrogens with zero attached hydrogens (tertiary/aromatic N) is 1. The summed E-state index contributed by atoms with van der Waals surface area (Å²) in [5.74, 6) is 15.7. The fourth-order valence-electron chi connectivity index (χ4n) is 25.2. The number of ether oxygens (including phenoxy) is 4. The lowest BCUT2D eigenvalue weighted by molar-refractivity contribution is -0.00540. The predicted molar refractivity (Wildman–Crippen MR) is 369 cm³/mol. The summed E-state index contributed by atoms with van der Waals surface area (Å²) in [6.45, 7) is -0.135. The van der Waals surface area contributed by atoms with Crippen LogP contribution < -0.4 is 76.4 Å². The molecular weight excluding hydrogens is 1150 g/mol. The minimum absolute atomic E-state index is 0.00251. The molecule has 0 saturated heterocycles. The summed E-state index contributed by atoms with van der Waals surface area (Å²) in [7, 11) is 0. The van der Waals surface area contributed by atoms with Crippen molar-refractivity contribution in [3.63, 3.8) is 0 Å². The highest BCUT2D eigenvalue weighted by molar-refractivity contribution is 8.00. The molecule has 6 nitrogen and oxygen atoms in total. The Hall–Kier alpha value is -6.20. The van der Waals surface area contributed by atoms with E-state index in [0.717, 1.165) is 105 Å². The molecule has 0 amide bonds. The van der Waals surface area contributed by atoms with E-state index in [1.165, 1.54) is 217 Å². The van der Waals surface area contributed by atoms with Gasteiger partial charge in [-0.3, -0.25) is 4.31 Å². The van der Waals surface area contributed by atoms with Crippen LogP contribution in [0.25, 0.3) is 20.2 Å². The zero-order valence-corrected chi connectivity index (χ0v) is 52.8. The molecule has 0 spiro atoms. The summed E-state index contributed by atoms with van der Waals surface area (Å²) >= 11 is 5.71. The monoisotopic (exact) mass is 1210 g/mol. The second kappa shape index (κ2) is 16.7. The van der Waals surface area contributed by atoms with E-state index < -0.39 is 0 Å². The van der Waals surface area contributed by atoms with Gasteiger partial charge in [0.05, 0.1) is 11.4 Å². The molecule has 9 aromatic rings. The Bertz CT molecular complexity index is 4690. The molecule has 18 aliphatic rings. The molecule has 12 fully saturated rings. The molecule has 0 atom stereocenters. The first-order valence-corrected chi connectivity index (χ1v) is 37.3. The van der Waals surface area contributed by atoms with Gasteiger partial charge in [-0.05, 0) is 307 Å². The minimum atomic E-state index is -0.127. The van der Waals surface area contributed by atoms with Crippen LogP contribution in [0.1, 0.15) is 132 Å². The zero-order chi connectivity index (χ0) is 57.3. The van der Waals surface area contributed by atoms with Crippen LogP contribution in [0.3, 0.4) is 0 Å². The van der Waals surface area contributed by atoms with Crippen molar-refractivity contribution in [2.24, 2.45) is 53.3 Å². The number of anilines is 4. The molecule has 0 radical (unpaired) electrons. The van der Waals surface area contributed by atoms with Gasteiger partial charge in [0.1, 0.15) is 46.0 Å². The third kappa shape index (κ3) is 6.42. The first-order valence-electron chi connectivity index (χ1n) is 34.5. The molecule has 12 saturated carbocycles. The quantitative estimate of drug-likeness (QED) is 0.139. The van der Waals surface area contributed by atoms with Crippen LogP contribution in [0.2, 0.25) is 0 Å². The minimum Gasteiger partial charge on any atom is -0.458 e. The standard InChI is InChI=1S/C77H67B3N2O4S3/c1-87-82-58-28-61-55(26-53(58)80-69-59(82)20-48(76-32-41-13-42(33-76)15-43(14-41)34-76)22-63(69)86-72-51-7-3-5-9-67(51)89-74(72)80)78-54-25-52-56(27-60(54)83-64-23-49(24-65(84-61)70(64)78)77-35-44-16-45(36-77)18-46(17-44)37-77)81-57-19-47(75-29-38-10-39(30-75)12-40(11-38)31-75)21-62-68(57)79(52)73-71(85-62)50-6-2-4-8-66(50)88-73/h2-9,19-28,38-46,81H,10-18,29-37H2,1H3. The third-order valence-electron chi connectivity index (χ3n) is 27.2. The zero-order valence-electron chi connectivity index (χ0n) is 50.4. The van der Waals surface area contributed by atoms with Crippen LogP contribution in [0.4, 0.5) is 22.7 Å². The topological polar surface area (TPSA) is 52.2 Å². The van der Waals surface area contributed by atoms with Crippen LogP contribution in [0.5, 0.6) is 46.0 Å². The molecular formula is C77H67B3N2O4S3. The number of hydrogen-bond acceptors (Lipinski definition) is 9. The second-order valence-corrected chi connectivity index (χ2v) is 35.0. The van der Waals surface area contributed by atoms with Gasteiger partial charge in [0, 0.05) is 65.0 Å². The van der Waals surface area contributed by atoms with Gasteiger partial charge < -0.3 is 24.3 Å². The van der Waals surface area contributed by atoms with Crippen LogP contribution >= 0.6 is 34.6 Å². The lowest BCUT2D eigenvalue weighted by atomic mass is 9.31. The van der Waals surface area contributed by atoms with Crippen molar-refractivity contribution in [1.82, 2.24) is 0 Å². The molecule has 27 rings (SSSR count). The van der Waals surface area contributed by atoms with Crippen LogP contribution in [-0.4, -0.2) is 26.4 Å². The smallest absolute Gasteiger partial charge is 0.268 e.